The van der Waals surface area contributed by atoms with Crippen molar-refractivity contribution in [3.8, 4) is 22.8 Å². The molecule has 0 aliphatic rings. The lowest BCUT2D eigenvalue weighted by Gasteiger charge is -2.02. The van der Waals surface area contributed by atoms with Gasteiger partial charge in [-0.25, -0.2) is 4.98 Å². The van der Waals surface area contributed by atoms with Gasteiger partial charge in [0.15, 0.2) is 5.13 Å². The molecule has 20 heavy (non-hydrogen) atoms. The lowest BCUT2D eigenvalue weighted by atomic mass is 10.1. The molecule has 1 aromatic carbocycles. The van der Waals surface area contributed by atoms with Gasteiger partial charge in [-0.05, 0) is 12.1 Å². The maximum absolute atomic E-state index is 11.5. The first-order valence-electron chi connectivity index (χ1n) is 5.87. The Morgan fingerprint density at radius 1 is 1.45 bits per heavy atom. The number of anilines is 1. The van der Waals surface area contributed by atoms with E-state index < -0.39 is 0 Å². The van der Waals surface area contributed by atoms with Crippen molar-refractivity contribution in [2.45, 2.75) is 6.42 Å². The van der Waals surface area contributed by atoms with Gasteiger partial charge < -0.3 is 20.3 Å². The molecule has 0 spiro atoms. The van der Waals surface area contributed by atoms with E-state index >= 15 is 0 Å². The minimum Gasteiger partial charge on any atom is -0.508 e. The van der Waals surface area contributed by atoms with Gasteiger partial charge in [0.25, 0.3) is 0 Å². The average Bonchev–Trinajstić information content (AvgIpc) is 2.84. The molecule has 0 aliphatic heterocycles. The number of carbonyl (C=O) groups excluding carboxylic acids is 1. The number of aromatic nitrogens is 1. The Morgan fingerprint density at radius 3 is 2.95 bits per heavy atom. The van der Waals surface area contributed by atoms with Crippen LogP contribution >= 0.6 is 11.3 Å². The summed E-state index contributed by atoms with van der Waals surface area (Å²) in [6, 6.07) is 4.27. The number of phenolic OH excluding ortho intramolecular Hbond substituents is 2. The monoisotopic (exact) mass is 294 g/mol. The Bertz CT molecular complexity index is 612. The molecule has 2 aromatic rings. The number of benzene rings is 1. The molecule has 3 N–H and O–H groups in total. The van der Waals surface area contributed by atoms with Gasteiger partial charge >= 0.3 is 0 Å². The number of hydrogen-bond donors (Lipinski definition) is 3. The SMILES string of the molecule is COCCC(=O)Nc1nc(-c2ccc(O)cc2O)cs1. The summed E-state index contributed by atoms with van der Waals surface area (Å²) < 4.78 is 4.82. The van der Waals surface area contributed by atoms with Crippen LogP contribution in [0.1, 0.15) is 6.42 Å². The van der Waals surface area contributed by atoms with Crippen LogP contribution in [-0.2, 0) is 9.53 Å². The molecule has 2 rings (SSSR count). The molecule has 1 heterocycles. The van der Waals surface area contributed by atoms with E-state index in [1.165, 1.54) is 30.6 Å². The van der Waals surface area contributed by atoms with Gasteiger partial charge in [0, 0.05) is 24.1 Å². The number of methoxy groups -OCH3 is 1. The van der Waals surface area contributed by atoms with Gasteiger partial charge in [0.2, 0.25) is 5.91 Å². The molecule has 0 unspecified atom stereocenters. The predicted molar refractivity (Wildman–Crippen MR) is 76.0 cm³/mol. The van der Waals surface area contributed by atoms with Crippen LogP contribution in [0, 0.1) is 0 Å². The lowest BCUT2D eigenvalue weighted by molar-refractivity contribution is -0.117. The summed E-state index contributed by atoms with van der Waals surface area (Å²) in [7, 11) is 1.53. The van der Waals surface area contributed by atoms with Crippen molar-refractivity contribution in [2.24, 2.45) is 0 Å². The number of amides is 1. The summed E-state index contributed by atoms with van der Waals surface area (Å²) in [5.74, 6) is -0.259. The molecule has 0 bridgehead atoms. The second-order valence-electron chi connectivity index (χ2n) is 4.03. The maximum atomic E-state index is 11.5. The Balaban J connectivity index is 2.10. The number of rotatable bonds is 5. The highest BCUT2D eigenvalue weighted by Crippen LogP contribution is 2.33. The Kier molecular flexibility index (Phi) is 4.54. The Hall–Kier alpha value is -2.12. The standard InChI is InChI=1S/C13H14N2O4S/c1-19-5-4-12(18)15-13-14-10(7-20-13)9-3-2-8(16)6-11(9)17/h2-3,6-7,16-17H,4-5H2,1H3,(H,14,15,18). The minimum atomic E-state index is -0.178. The van der Waals surface area contributed by atoms with Crippen molar-refractivity contribution in [1.82, 2.24) is 4.98 Å². The number of phenols is 2. The van der Waals surface area contributed by atoms with E-state index in [0.717, 1.165) is 0 Å². The van der Waals surface area contributed by atoms with Gasteiger partial charge in [-0.3, -0.25) is 4.79 Å². The molecule has 0 saturated heterocycles. The van der Waals surface area contributed by atoms with E-state index in [0.29, 0.717) is 23.0 Å². The minimum absolute atomic E-state index is 0.0189. The normalized spacial score (nSPS) is 10.4. The zero-order chi connectivity index (χ0) is 14.5. The smallest absolute Gasteiger partial charge is 0.228 e. The summed E-state index contributed by atoms with van der Waals surface area (Å²) in [6.45, 7) is 0.350. The topological polar surface area (TPSA) is 91.7 Å². The third kappa shape index (κ3) is 3.46. The molecule has 0 aliphatic carbocycles. The molecule has 7 heteroatoms. The van der Waals surface area contributed by atoms with Crippen molar-refractivity contribution < 1.29 is 19.7 Å². The summed E-state index contributed by atoms with van der Waals surface area (Å²) in [5, 5.41) is 23.8. The molecule has 0 saturated carbocycles. The van der Waals surface area contributed by atoms with E-state index in [4.69, 9.17) is 4.74 Å². The van der Waals surface area contributed by atoms with Crippen molar-refractivity contribution in [3.63, 3.8) is 0 Å². The first kappa shape index (κ1) is 14.3. The van der Waals surface area contributed by atoms with Gasteiger partial charge in [-0.1, -0.05) is 0 Å². The average molecular weight is 294 g/mol. The highest BCUT2D eigenvalue weighted by molar-refractivity contribution is 7.14. The van der Waals surface area contributed by atoms with Crippen LogP contribution in [0.25, 0.3) is 11.3 Å². The second kappa shape index (κ2) is 6.36. The van der Waals surface area contributed by atoms with Gasteiger partial charge in [-0.2, -0.15) is 0 Å². The van der Waals surface area contributed by atoms with Crippen molar-refractivity contribution in [3.05, 3.63) is 23.6 Å². The fourth-order valence-corrected chi connectivity index (χ4v) is 2.29. The number of hydrogen-bond acceptors (Lipinski definition) is 6. The summed E-state index contributed by atoms with van der Waals surface area (Å²) in [4.78, 5) is 15.7. The molecule has 0 fully saturated rings. The molecule has 1 amide bonds. The van der Waals surface area contributed by atoms with Crippen LogP contribution in [0.2, 0.25) is 0 Å². The van der Waals surface area contributed by atoms with E-state index in [1.807, 2.05) is 0 Å². The molecule has 0 atom stereocenters. The zero-order valence-electron chi connectivity index (χ0n) is 10.8. The lowest BCUT2D eigenvalue weighted by Crippen LogP contribution is -2.13. The number of nitrogens with one attached hydrogen (secondary N) is 1. The number of nitrogens with zero attached hydrogens (tertiary/aromatic N) is 1. The largest absolute Gasteiger partial charge is 0.508 e. The van der Waals surface area contributed by atoms with Gasteiger partial charge in [0.1, 0.15) is 11.5 Å². The van der Waals surface area contributed by atoms with Crippen LogP contribution in [0.5, 0.6) is 11.5 Å². The van der Waals surface area contributed by atoms with Crippen molar-refractivity contribution >= 4 is 22.4 Å². The summed E-state index contributed by atoms with van der Waals surface area (Å²) in [6.07, 6.45) is 0.260. The fourth-order valence-electron chi connectivity index (χ4n) is 1.57. The van der Waals surface area contributed by atoms with Crippen molar-refractivity contribution in [2.75, 3.05) is 19.0 Å². The van der Waals surface area contributed by atoms with E-state index in [1.54, 1.807) is 11.4 Å². The van der Waals surface area contributed by atoms with Crippen LogP contribution in [0.3, 0.4) is 0 Å². The van der Waals surface area contributed by atoms with E-state index in [9.17, 15) is 15.0 Å². The first-order chi connectivity index (χ1) is 9.60. The molecule has 1 aromatic heterocycles. The van der Waals surface area contributed by atoms with Crippen molar-refractivity contribution in [1.29, 1.82) is 0 Å². The van der Waals surface area contributed by atoms with Gasteiger partial charge in [0.05, 0.1) is 18.7 Å². The number of thiazole rings is 1. The number of ether oxygens (including phenoxy) is 1. The molecule has 106 valence electrons. The maximum Gasteiger partial charge on any atom is 0.228 e. The van der Waals surface area contributed by atoms with Crippen LogP contribution in [0.15, 0.2) is 23.6 Å². The fraction of sp³-hybridized carbons (Fsp3) is 0.231. The zero-order valence-corrected chi connectivity index (χ0v) is 11.6. The third-order valence-corrected chi connectivity index (χ3v) is 3.30. The summed E-state index contributed by atoms with van der Waals surface area (Å²) in [5.41, 5.74) is 1.03. The summed E-state index contributed by atoms with van der Waals surface area (Å²) >= 11 is 1.26. The van der Waals surface area contributed by atoms with Crippen LogP contribution < -0.4 is 5.32 Å². The molecule has 6 nitrogen and oxygen atoms in total. The Morgan fingerprint density at radius 2 is 2.25 bits per heavy atom. The van der Waals surface area contributed by atoms with Crippen LogP contribution in [-0.4, -0.2) is 34.8 Å². The second-order valence-corrected chi connectivity index (χ2v) is 4.89. The van der Waals surface area contributed by atoms with E-state index in [-0.39, 0.29) is 23.8 Å². The quantitative estimate of drug-likeness (QED) is 0.786. The van der Waals surface area contributed by atoms with Crippen LogP contribution in [0.4, 0.5) is 5.13 Å². The number of aromatic hydroxyl groups is 2. The molecular weight excluding hydrogens is 280 g/mol. The predicted octanol–water partition coefficient (Wildman–Crippen LogP) is 2.20. The third-order valence-electron chi connectivity index (χ3n) is 2.54. The Labute approximate surface area is 119 Å². The van der Waals surface area contributed by atoms with E-state index in [2.05, 4.69) is 10.3 Å². The molecular formula is C13H14N2O4S. The van der Waals surface area contributed by atoms with Gasteiger partial charge in [-0.15, -0.1) is 11.3 Å². The highest BCUT2D eigenvalue weighted by atomic mass is 32.1. The highest BCUT2D eigenvalue weighted by Gasteiger charge is 2.11. The molecule has 0 radical (unpaired) electrons. The number of carbonyl (C=O) groups is 1. The first-order valence-corrected chi connectivity index (χ1v) is 6.75.